The third-order valence-electron chi connectivity index (χ3n) is 4.68. The molecule has 2 aromatic carbocycles. The summed E-state index contributed by atoms with van der Waals surface area (Å²) in [7, 11) is 0. The summed E-state index contributed by atoms with van der Waals surface area (Å²) in [6.07, 6.45) is 4.38. The summed E-state index contributed by atoms with van der Waals surface area (Å²) in [5.74, 6) is -0.152. The van der Waals surface area contributed by atoms with E-state index in [0.29, 0.717) is 22.8 Å². The van der Waals surface area contributed by atoms with Crippen LogP contribution in [-0.4, -0.2) is 15.9 Å². The topological polar surface area (TPSA) is 69.9 Å². The van der Waals surface area contributed by atoms with Crippen LogP contribution in [0.15, 0.2) is 67.0 Å². The number of rotatable bonds is 5. The number of amides is 1. The minimum atomic E-state index is -0.152. The Kier molecular flexibility index (Phi) is 5.32. The summed E-state index contributed by atoms with van der Waals surface area (Å²) in [4.78, 5) is 23.8. The highest BCUT2D eigenvalue weighted by Crippen LogP contribution is 2.31. The average Bonchev–Trinajstić information content (AvgIpc) is 3.20. The molecule has 0 aliphatic heterocycles. The van der Waals surface area contributed by atoms with Gasteiger partial charge in [-0.05, 0) is 66.1 Å². The molecule has 0 fully saturated rings. The third kappa shape index (κ3) is 4.00. The molecule has 2 aromatic heterocycles. The number of carbonyl (C=O) groups is 1. The molecule has 0 spiro atoms. The number of hydrogen-bond donors (Lipinski definition) is 0. The number of fused-ring (bicyclic) bond motifs is 1. The molecule has 0 aliphatic carbocycles. The van der Waals surface area contributed by atoms with Gasteiger partial charge in [-0.25, -0.2) is 4.98 Å². The highest BCUT2D eigenvalue weighted by molar-refractivity contribution is 7.22. The Labute approximate surface area is 172 Å². The fourth-order valence-electron chi connectivity index (χ4n) is 3.03. The van der Waals surface area contributed by atoms with Gasteiger partial charge in [-0.15, -0.1) is 0 Å². The minimum absolute atomic E-state index is 0.152. The predicted octanol–water partition coefficient (Wildman–Crippen LogP) is 4.97. The maximum absolute atomic E-state index is 13.3. The third-order valence-corrected chi connectivity index (χ3v) is 5.72. The van der Waals surface area contributed by atoms with E-state index in [-0.39, 0.29) is 5.91 Å². The van der Waals surface area contributed by atoms with Crippen LogP contribution < -0.4 is 4.90 Å². The van der Waals surface area contributed by atoms with Crippen LogP contribution in [-0.2, 0) is 13.0 Å². The van der Waals surface area contributed by atoms with Gasteiger partial charge in [0.2, 0.25) is 0 Å². The lowest BCUT2D eigenvalue weighted by molar-refractivity contribution is 0.0985. The fraction of sp³-hybridized carbons (Fsp3) is 0.130. The molecule has 1 amide bonds. The quantitative estimate of drug-likeness (QED) is 0.476. The molecule has 142 valence electrons. The second kappa shape index (κ2) is 8.21. The van der Waals surface area contributed by atoms with E-state index < -0.39 is 0 Å². The van der Waals surface area contributed by atoms with Crippen molar-refractivity contribution in [3.8, 4) is 6.07 Å². The van der Waals surface area contributed by atoms with Crippen molar-refractivity contribution < 1.29 is 4.79 Å². The van der Waals surface area contributed by atoms with Gasteiger partial charge in [0.05, 0.1) is 28.4 Å². The standard InChI is InChI=1S/C23H18N4OS/c1-2-16-5-8-20-21(13-16)29-23(26-20)27(15-18-9-11-25-12-10-18)22(28)19-6-3-17(14-24)4-7-19/h3-13H,2,15H2,1H3. The van der Waals surface area contributed by atoms with Crippen LogP contribution in [0, 0.1) is 11.3 Å². The molecule has 4 aromatic rings. The summed E-state index contributed by atoms with van der Waals surface area (Å²) in [6.45, 7) is 2.51. The zero-order valence-electron chi connectivity index (χ0n) is 15.9. The van der Waals surface area contributed by atoms with E-state index in [1.54, 1.807) is 41.6 Å². The molecule has 0 aliphatic rings. The van der Waals surface area contributed by atoms with Gasteiger partial charge in [-0.2, -0.15) is 5.26 Å². The number of hydrogen-bond acceptors (Lipinski definition) is 5. The number of nitrogens with zero attached hydrogens (tertiary/aromatic N) is 4. The smallest absolute Gasteiger partial charge is 0.260 e. The zero-order valence-corrected chi connectivity index (χ0v) is 16.7. The molecule has 29 heavy (non-hydrogen) atoms. The van der Waals surface area contributed by atoms with Crippen molar-refractivity contribution in [1.29, 1.82) is 5.26 Å². The minimum Gasteiger partial charge on any atom is -0.279 e. The lowest BCUT2D eigenvalue weighted by atomic mass is 10.1. The van der Waals surface area contributed by atoms with Crippen molar-refractivity contribution in [2.45, 2.75) is 19.9 Å². The first-order chi connectivity index (χ1) is 14.2. The van der Waals surface area contributed by atoms with E-state index in [2.05, 4.69) is 30.1 Å². The number of pyridine rings is 1. The maximum Gasteiger partial charge on any atom is 0.260 e. The van der Waals surface area contributed by atoms with Gasteiger partial charge < -0.3 is 0 Å². The van der Waals surface area contributed by atoms with Gasteiger partial charge in [-0.3, -0.25) is 14.7 Å². The first kappa shape index (κ1) is 18.8. The van der Waals surface area contributed by atoms with Crippen LogP contribution in [0.1, 0.15) is 34.0 Å². The van der Waals surface area contributed by atoms with E-state index in [9.17, 15) is 4.79 Å². The molecule has 0 atom stereocenters. The van der Waals surface area contributed by atoms with E-state index in [4.69, 9.17) is 10.2 Å². The van der Waals surface area contributed by atoms with Crippen LogP contribution in [0.5, 0.6) is 0 Å². The average molecular weight is 398 g/mol. The van der Waals surface area contributed by atoms with Gasteiger partial charge in [-0.1, -0.05) is 24.3 Å². The van der Waals surface area contributed by atoms with Gasteiger partial charge >= 0.3 is 0 Å². The van der Waals surface area contributed by atoms with Crippen LogP contribution in [0.25, 0.3) is 10.2 Å². The number of aryl methyl sites for hydroxylation is 1. The monoisotopic (exact) mass is 398 g/mol. The zero-order chi connectivity index (χ0) is 20.2. The van der Waals surface area contributed by atoms with Crippen LogP contribution in [0.3, 0.4) is 0 Å². The number of carbonyl (C=O) groups excluding carboxylic acids is 1. The number of nitriles is 1. The second-order valence-corrected chi connectivity index (χ2v) is 7.60. The molecule has 6 heteroatoms. The van der Waals surface area contributed by atoms with Gasteiger partial charge in [0.25, 0.3) is 5.91 Å². The van der Waals surface area contributed by atoms with Crippen molar-refractivity contribution in [3.05, 3.63) is 89.2 Å². The largest absolute Gasteiger partial charge is 0.279 e. The van der Waals surface area contributed by atoms with E-state index in [0.717, 1.165) is 22.2 Å². The van der Waals surface area contributed by atoms with E-state index in [1.807, 2.05) is 18.2 Å². The molecule has 0 radical (unpaired) electrons. The number of benzene rings is 2. The van der Waals surface area contributed by atoms with Crippen molar-refractivity contribution in [2.75, 3.05) is 4.90 Å². The molecule has 0 saturated heterocycles. The summed E-state index contributed by atoms with van der Waals surface area (Å²) in [5.41, 5.74) is 4.14. The van der Waals surface area contributed by atoms with Crippen molar-refractivity contribution in [1.82, 2.24) is 9.97 Å². The van der Waals surface area contributed by atoms with Crippen LogP contribution in [0.2, 0.25) is 0 Å². The predicted molar refractivity (Wildman–Crippen MR) is 115 cm³/mol. The highest BCUT2D eigenvalue weighted by atomic mass is 32.1. The molecule has 4 rings (SSSR count). The molecule has 0 saturated carbocycles. The van der Waals surface area contributed by atoms with E-state index >= 15 is 0 Å². The Morgan fingerprint density at radius 2 is 1.83 bits per heavy atom. The highest BCUT2D eigenvalue weighted by Gasteiger charge is 2.22. The summed E-state index contributed by atoms with van der Waals surface area (Å²) >= 11 is 1.51. The Morgan fingerprint density at radius 3 is 2.52 bits per heavy atom. The Bertz CT molecular complexity index is 1190. The lowest BCUT2D eigenvalue weighted by Crippen LogP contribution is -2.30. The first-order valence-corrected chi connectivity index (χ1v) is 10.1. The summed E-state index contributed by atoms with van der Waals surface area (Å²) < 4.78 is 1.06. The second-order valence-electron chi connectivity index (χ2n) is 6.59. The number of anilines is 1. The fourth-order valence-corrected chi connectivity index (χ4v) is 4.06. The molecular weight excluding hydrogens is 380 g/mol. The van der Waals surface area contributed by atoms with Crippen molar-refractivity contribution in [2.24, 2.45) is 0 Å². The number of thiazole rings is 1. The molecule has 0 N–H and O–H groups in total. The summed E-state index contributed by atoms with van der Waals surface area (Å²) in [5, 5.41) is 9.67. The lowest BCUT2D eigenvalue weighted by Gasteiger charge is -2.20. The summed E-state index contributed by atoms with van der Waals surface area (Å²) in [6, 6.07) is 18.7. The Morgan fingerprint density at radius 1 is 1.07 bits per heavy atom. The molecular formula is C23H18N4OS. The first-order valence-electron chi connectivity index (χ1n) is 9.28. The normalized spacial score (nSPS) is 10.6. The van der Waals surface area contributed by atoms with Gasteiger partial charge in [0, 0.05) is 18.0 Å². The molecule has 2 heterocycles. The van der Waals surface area contributed by atoms with Crippen LogP contribution >= 0.6 is 11.3 Å². The maximum atomic E-state index is 13.3. The molecule has 5 nitrogen and oxygen atoms in total. The van der Waals surface area contributed by atoms with Gasteiger partial charge in [0.15, 0.2) is 5.13 Å². The number of aromatic nitrogens is 2. The Balaban J connectivity index is 1.75. The molecule has 0 bridgehead atoms. The van der Waals surface area contributed by atoms with Crippen molar-refractivity contribution >= 4 is 32.6 Å². The SMILES string of the molecule is CCc1ccc2nc(N(Cc3ccncc3)C(=O)c3ccc(C#N)cc3)sc2c1. The van der Waals surface area contributed by atoms with Crippen molar-refractivity contribution in [3.63, 3.8) is 0 Å². The molecule has 0 unspecified atom stereocenters. The van der Waals surface area contributed by atoms with Gasteiger partial charge in [0.1, 0.15) is 0 Å². The van der Waals surface area contributed by atoms with E-state index in [1.165, 1.54) is 16.9 Å². The Hall–Kier alpha value is -3.56. The van der Waals surface area contributed by atoms with Crippen LogP contribution in [0.4, 0.5) is 5.13 Å².